The van der Waals surface area contributed by atoms with E-state index in [1.807, 2.05) is 0 Å². The third-order valence-electron chi connectivity index (χ3n) is 0. The van der Waals surface area contributed by atoms with Gasteiger partial charge in [-0.15, -0.1) is 0 Å². The molecule has 2 radical (unpaired) electrons. The largest absolute Gasteiger partial charge is 2.00 e. The first-order valence-electron chi connectivity index (χ1n) is 0. The standard InChI is InChI=1S/2Li.2Mn.2Mo.9O/q2*+1;2*+2;;;9*-2. The van der Waals surface area contributed by atoms with Crippen LogP contribution in [-0.2, 0) is 126 Å². The molecule has 0 atom stereocenters. The molecule has 15 heteroatoms. The van der Waals surface area contributed by atoms with Crippen molar-refractivity contribution in [3.63, 3.8) is 0 Å². The van der Waals surface area contributed by atoms with Gasteiger partial charge in [0.1, 0.15) is 0 Å². The fourth-order valence-corrected chi connectivity index (χ4v) is 0. The first kappa shape index (κ1) is 514. The SMILES string of the molecule is [Li+].[Li+].[Mn+2].[Mn+2].[Mo].[Mo].[O-2].[O-2].[O-2].[O-2].[O-2].[O-2].[O-2].[O-2].[O-2]. The van der Waals surface area contributed by atoms with Gasteiger partial charge in [-0.2, -0.15) is 0 Å². The van der Waals surface area contributed by atoms with E-state index in [0.717, 1.165) is 0 Å². The molecule has 0 aliphatic rings. The average Bonchev–Trinajstić information content (AvgIpc) is 0. The Kier molecular flexibility index (Phi) is 14800. The van der Waals surface area contributed by atoms with Crippen LogP contribution in [0.2, 0.25) is 0 Å². The first-order valence-corrected chi connectivity index (χ1v) is 0. The monoisotopic (exact) mass is 464 g/mol. The average molecular weight is 460 g/mol. The van der Waals surface area contributed by atoms with Crippen molar-refractivity contribution in [2.75, 3.05) is 0 Å². The van der Waals surface area contributed by atoms with Gasteiger partial charge in [-0.05, 0) is 0 Å². The quantitative estimate of drug-likeness (QED) is 0.306. The Morgan fingerprint density at radius 3 is 0.267 bits per heavy atom. The topological polar surface area (TPSA) is 256 Å². The van der Waals surface area contributed by atoms with E-state index in [9.17, 15) is 0 Å². The number of hydrogen-bond acceptors (Lipinski definition) is 0. The molecule has 0 aromatic carbocycles. The summed E-state index contributed by atoms with van der Waals surface area (Å²) < 4.78 is 0. The number of rotatable bonds is 0. The minimum Gasteiger partial charge on any atom is -2.00 e. The molecular weight excluding hydrogens is 460 g/mol. The van der Waals surface area contributed by atoms with Crippen molar-refractivity contribution in [1.82, 2.24) is 0 Å². The summed E-state index contributed by atoms with van der Waals surface area (Å²) in [7, 11) is 0. The van der Waals surface area contributed by atoms with Gasteiger partial charge in [0, 0.05) is 42.1 Å². The molecule has 0 rings (SSSR count). The Labute approximate surface area is 161 Å². The van der Waals surface area contributed by atoms with Gasteiger partial charge in [-0.1, -0.05) is 0 Å². The predicted octanol–water partition coefficient (Wildman–Crippen LogP) is -7.07. The normalized spacial score (nSPS) is 0. The van der Waals surface area contributed by atoms with Crippen LogP contribution in [0.1, 0.15) is 0 Å². The molecule has 0 aliphatic heterocycles. The zero-order valence-electron chi connectivity index (χ0n) is 7.25. The Morgan fingerprint density at radius 2 is 0.267 bits per heavy atom. The van der Waals surface area contributed by atoms with Gasteiger partial charge in [0.15, 0.2) is 0 Å². The van der Waals surface area contributed by atoms with E-state index in [1.165, 1.54) is 0 Å². The maximum absolute atomic E-state index is 0. The first-order chi connectivity index (χ1) is 0. The maximum Gasteiger partial charge on any atom is 2.00 e. The molecule has 0 unspecified atom stereocenters. The van der Waals surface area contributed by atoms with E-state index < -0.39 is 0 Å². The van der Waals surface area contributed by atoms with Crippen LogP contribution in [0, 0.1) is 0 Å². The van der Waals surface area contributed by atoms with Crippen LogP contribution in [0.5, 0.6) is 0 Å². The van der Waals surface area contributed by atoms with Crippen molar-refractivity contribution in [3.8, 4) is 0 Å². The molecule has 0 bridgehead atoms. The van der Waals surface area contributed by atoms with Crippen molar-refractivity contribution in [2.45, 2.75) is 0 Å². The van der Waals surface area contributed by atoms with Gasteiger partial charge in [0.2, 0.25) is 0 Å². The van der Waals surface area contributed by atoms with Gasteiger partial charge in [-0.25, -0.2) is 0 Å². The summed E-state index contributed by atoms with van der Waals surface area (Å²) in [6.07, 6.45) is 0. The van der Waals surface area contributed by atoms with Crippen LogP contribution >= 0.6 is 0 Å². The van der Waals surface area contributed by atoms with Gasteiger partial charge in [-0.3, -0.25) is 0 Å². The molecule has 0 aromatic heterocycles. The van der Waals surface area contributed by atoms with Crippen LogP contribution in [0.3, 0.4) is 0 Å². The summed E-state index contributed by atoms with van der Waals surface area (Å²) in [4.78, 5) is 0. The molecular formula is Li2Mn2Mo2O9-12. The molecule has 0 fully saturated rings. The molecule has 0 aliphatic carbocycles. The summed E-state index contributed by atoms with van der Waals surface area (Å²) in [5.41, 5.74) is 0. The van der Waals surface area contributed by atoms with Crippen molar-refractivity contribution >= 4 is 0 Å². The molecule has 0 heterocycles. The van der Waals surface area contributed by atoms with Crippen LogP contribution in [-0.4, -0.2) is 0 Å². The van der Waals surface area contributed by atoms with Crippen molar-refractivity contribution in [2.24, 2.45) is 0 Å². The summed E-state index contributed by atoms with van der Waals surface area (Å²) in [5.74, 6) is 0. The van der Waals surface area contributed by atoms with Crippen LogP contribution in [0.25, 0.3) is 0 Å². The van der Waals surface area contributed by atoms with Crippen molar-refractivity contribution < 1.29 is 163 Å². The Balaban J connectivity index is 0. The third kappa shape index (κ3) is 380. The fraction of sp³-hybridized carbons (Fsp3) is 0. The third-order valence-corrected chi connectivity index (χ3v) is 0. The smallest absolute Gasteiger partial charge is 2.00 e. The maximum atomic E-state index is 0. The summed E-state index contributed by atoms with van der Waals surface area (Å²) in [6, 6.07) is 0. The van der Waals surface area contributed by atoms with E-state index in [-0.39, 0.29) is 163 Å². The molecule has 0 spiro atoms. The molecule has 9 nitrogen and oxygen atoms in total. The molecule has 15 heavy (non-hydrogen) atoms. The van der Waals surface area contributed by atoms with E-state index in [4.69, 9.17) is 0 Å². The van der Waals surface area contributed by atoms with Gasteiger partial charge < -0.3 is 49.3 Å². The van der Waals surface area contributed by atoms with Crippen LogP contribution in [0.4, 0.5) is 0 Å². The van der Waals surface area contributed by atoms with E-state index in [2.05, 4.69) is 0 Å². The van der Waals surface area contributed by atoms with Crippen LogP contribution in [0.15, 0.2) is 0 Å². The van der Waals surface area contributed by atoms with Gasteiger partial charge >= 0.3 is 71.9 Å². The molecule has 0 saturated carbocycles. The van der Waals surface area contributed by atoms with Gasteiger partial charge in [0.25, 0.3) is 0 Å². The van der Waals surface area contributed by atoms with Gasteiger partial charge in [0.05, 0.1) is 0 Å². The molecule has 0 N–H and O–H groups in total. The Bertz CT molecular complexity index is 24.1. The molecule has 0 saturated heterocycles. The second-order valence-corrected chi connectivity index (χ2v) is 0. The summed E-state index contributed by atoms with van der Waals surface area (Å²) in [5, 5.41) is 0. The van der Waals surface area contributed by atoms with E-state index >= 15 is 0 Å². The summed E-state index contributed by atoms with van der Waals surface area (Å²) in [6.45, 7) is 0. The van der Waals surface area contributed by atoms with Crippen molar-refractivity contribution in [1.29, 1.82) is 0 Å². The van der Waals surface area contributed by atoms with E-state index in [0.29, 0.717) is 0 Å². The Morgan fingerprint density at radius 1 is 0.267 bits per heavy atom. The summed E-state index contributed by atoms with van der Waals surface area (Å²) >= 11 is 0. The second-order valence-electron chi connectivity index (χ2n) is 0. The van der Waals surface area contributed by atoms with E-state index in [1.54, 1.807) is 0 Å². The molecule has 0 aromatic rings. The predicted molar refractivity (Wildman–Crippen MR) is 6.18 cm³/mol. The minimum atomic E-state index is 0. The molecule has 94 valence electrons. The minimum absolute atomic E-state index is 0. The zero-order valence-corrected chi connectivity index (χ0v) is 13.6. The van der Waals surface area contributed by atoms with Crippen molar-refractivity contribution in [3.05, 3.63) is 0 Å². The molecule has 0 amide bonds. The Hall–Kier alpha value is 3.25. The van der Waals surface area contributed by atoms with Crippen LogP contribution < -0.4 is 37.7 Å². The second kappa shape index (κ2) is 431. The fourth-order valence-electron chi connectivity index (χ4n) is 0. The zero-order chi connectivity index (χ0) is 0. The number of hydrogen-bond donors (Lipinski definition) is 0.